The van der Waals surface area contributed by atoms with Crippen LogP contribution in [-0.4, -0.2) is 18.5 Å². The molecule has 0 heterocycles. The van der Waals surface area contributed by atoms with Crippen molar-refractivity contribution < 1.29 is 9.53 Å². The summed E-state index contributed by atoms with van der Waals surface area (Å²) in [4.78, 5) is 11.3. The summed E-state index contributed by atoms with van der Waals surface area (Å²) in [6.45, 7) is 15.6. The average Bonchev–Trinajstić information content (AvgIpc) is 2.28. The first-order valence-corrected chi connectivity index (χ1v) is 5.95. The minimum absolute atomic E-state index is 0.394. The molecular weight excluding hydrogens is 212 g/mol. The zero-order valence-corrected chi connectivity index (χ0v) is 11.1. The molecule has 0 aromatic carbocycles. The van der Waals surface area contributed by atoms with Crippen LogP contribution in [0.15, 0.2) is 37.0 Å². The second-order valence-electron chi connectivity index (χ2n) is 4.70. The van der Waals surface area contributed by atoms with Crippen LogP contribution in [-0.2, 0) is 9.53 Å². The SMILES string of the molecule is C=CCOC(C=O)(CCC(=C)C)CCC(=C)C. The third kappa shape index (κ3) is 6.90. The lowest BCUT2D eigenvalue weighted by molar-refractivity contribution is -0.131. The largest absolute Gasteiger partial charge is 0.363 e. The lowest BCUT2D eigenvalue weighted by Crippen LogP contribution is -2.35. The molecule has 0 aromatic rings. The van der Waals surface area contributed by atoms with Crippen LogP contribution in [0.5, 0.6) is 0 Å². The molecule has 0 rings (SSSR count). The molecule has 0 aliphatic carbocycles. The van der Waals surface area contributed by atoms with Gasteiger partial charge < -0.3 is 9.53 Å². The van der Waals surface area contributed by atoms with E-state index in [1.54, 1.807) is 6.08 Å². The first-order valence-electron chi connectivity index (χ1n) is 5.95. The van der Waals surface area contributed by atoms with Gasteiger partial charge in [-0.2, -0.15) is 0 Å². The fourth-order valence-electron chi connectivity index (χ4n) is 1.50. The molecule has 0 aromatic heterocycles. The third-order valence-corrected chi connectivity index (χ3v) is 2.65. The van der Waals surface area contributed by atoms with E-state index in [0.717, 1.165) is 30.3 Å². The Labute approximate surface area is 105 Å². The van der Waals surface area contributed by atoms with Gasteiger partial charge in [0.25, 0.3) is 0 Å². The van der Waals surface area contributed by atoms with Gasteiger partial charge in [0.05, 0.1) is 6.61 Å². The maximum Gasteiger partial charge on any atom is 0.151 e. The van der Waals surface area contributed by atoms with Crippen LogP contribution in [0.25, 0.3) is 0 Å². The highest BCUT2D eigenvalue weighted by molar-refractivity contribution is 5.62. The van der Waals surface area contributed by atoms with Crippen molar-refractivity contribution in [3.63, 3.8) is 0 Å². The smallest absolute Gasteiger partial charge is 0.151 e. The minimum atomic E-state index is -0.716. The Bertz CT molecular complexity index is 271. The molecule has 0 amide bonds. The lowest BCUT2D eigenvalue weighted by atomic mass is 9.90. The highest BCUT2D eigenvalue weighted by Crippen LogP contribution is 2.25. The maximum absolute atomic E-state index is 11.3. The van der Waals surface area contributed by atoms with E-state index in [0.29, 0.717) is 19.4 Å². The number of hydrogen-bond donors (Lipinski definition) is 0. The molecule has 17 heavy (non-hydrogen) atoms. The Hall–Kier alpha value is -1.15. The summed E-state index contributed by atoms with van der Waals surface area (Å²) in [5.74, 6) is 0. The minimum Gasteiger partial charge on any atom is -0.363 e. The first-order chi connectivity index (χ1) is 7.95. The standard InChI is InChI=1S/C15H24O2/c1-6-11-17-15(12-16,9-7-13(2)3)10-8-14(4)5/h6,12H,1-2,4,7-11H2,3,5H3. The molecule has 0 saturated heterocycles. The van der Waals surface area contributed by atoms with Gasteiger partial charge in [0, 0.05) is 0 Å². The van der Waals surface area contributed by atoms with Gasteiger partial charge in [-0.1, -0.05) is 17.2 Å². The van der Waals surface area contributed by atoms with Crippen LogP contribution in [0.1, 0.15) is 39.5 Å². The van der Waals surface area contributed by atoms with Crippen molar-refractivity contribution in [2.24, 2.45) is 0 Å². The Morgan fingerprint density at radius 1 is 1.18 bits per heavy atom. The molecule has 0 spiro atoms. The van der Waals surface area contributed by atoms with Crippen LogP contribution < -0.4 is 0 Å². The zero-order chi connectivity index (χ0) is 13.3. The average molecular weight is 236 g/mol. The van der Waals surface area contributed by atoms with Crippen molar-refractivity contribution in [3.05, 3.63) is 37.0 Å². The van der Waals surface area contributed by atoms with E-state index in [1.165, 1.54) is 0 Å². The Morgan fingerprint density at radius 2 is 1.65 bits per heavy atom. The summed E-state index contributed by atoms with van der Waals surface area (Å²) in [6, 6.07) is 0. The number of rotatable bonds is 10. The van der Waals surface area contributed by atoms with E-state index in [1.807, 2.05) is 13.8 Å². The van der Waals surface area contributed by atoms with Crippen LogP contribution >= 0.6 is 0 Å². The number of carbonyl (C=O) groups is 1. The van der Waals surface area contributed by atoms with Crippen molar-refractivity contribution in [3.8, 4) is 0 Å². The van der Waals surface area contributed by atoms with Crippen molar-refractivity contribution in [2.45, 2.75) is 45.1 Å². The van der Waals surface area contributed by atoms with Gasteiger partial charge in [0.1, 0.15) is 5.60 Å². The number of allylic oxidation sites excluding steroid dienone is 2. The van der Waals surface area contributed by atoms with E-state index in [4.69, 9.17) is 4.74 Å². The molecule has 0 aliphatic heterocycles. The molecule has 2 heteroatoms. The summed E-state index contributed by atoms with van der Waals surface area (Å²) in [6.07, 6.45) is 5.53. The molecule has 96 valence electrons. The van der Waals surface area contributed by atoms with Crippen LogP contribution in [0.2, 0.25) is 0 Å². The third-order valence-electron chi connectivity index (χ3n) is 2.65. The molecule has 0 atom stereocenters. The second kappa shape index (κ2) is 8.02. The fourth-order valence-corrected chi connectivity index (χ4v) is 1.50. The Balaban J connectivity index is 4.59. The van der Waals surface area contributed by atoms with Crippen molar-refractivity contribution in [1.82, 2.24) is 0 Å². The lowest BCUT2D eigenvalue weighted by Gasteiger charge is -2.28. The molecule has 0 fully saturated rings. The van der Waals surface area contributed by atoms with Gasteiger partial charge in [0.15, 0.2) is 6.29 Å². The number of carbonyl (C=O) groups excluding carboxylic acids is 1. The predicted octanol–water partition coefficient (Wildman–Crippen LogP) is 3.84. The predicted molar refractivity (Wildman–Crippen MR) is 73.0 cm³/mol. The summed E-state index contributed by atoms with van der Waals surface area (Å²) in [5, 5.41) is 0. The fraction of sp³-hybridized carbons (Fsp3) is 0.533. The van der Waals surface area contributed by atoms with E-state index in [2.05, 4.69) is 19.7 Å². The van der Waals surface area contributed by atoms with Gasteiger partial charge in [0.2, 0.25) is 0 Å². The summed E-state index contributed by atoms with van der Waals surface area (Å²) < 4.78 is 5.66. The molecule has 0 saturated carbocycles. The van der Waals surface area contributed by atoms with Crippen LogP contribution in [0, 0.1) is 0 Å². The molecule has 0 N–H and O–H groups in total. The number of aldehydes is 1. The van der Waals surface area contributed by atoms with E-state index >= 15 is 0 Å². The molecule has 0 bridgehead atoms. The van der Waals surface area contributed by atoms with Crippen molar-refractivity contribution >= 4 is 6.29 Å². The maximum atomic E-state index is 11.3. The Kier molecular flexibility index (Phi) is 7.47. The van der Waals surface area contributed by atoms with Crippen LogP contribution in [0.4, 0.5) is 0 Å². The van der Waals surface area contributed by atoms with Gasteiger partial charge in [-0.15, -0.1) is 19.7 Å². The van der Waals surface area contributed by atoms with Crippen molar-refractivity contribution in [2.75, 3.05) is 6.61 Å². The molecule has 2 nitrogen and oxygen atoms in total. The highest BCUT2D eigenvalue weighted by atomic mass is 16.5. The van der Waals surface area contributed by atoms with Crippen molar-refractivity contribution in [1.29, 1.82) is 0 Å². The Morgan fingerprint density at radius 3 is 1.94 bits per heavy atom. The number of hydrogen-bond acceptors (Lipinski definition) is 2. The van der Waals surface area contributed by atoms with E-state index < -0.39 is 5.60 Å². The molecule has 0 unspecified atom stereocenters. The quantitative estimate of drug-likeness (QED) is 0.425. The van der Waals surface area contributed by atoms with Gasteiger partial charge in [-0.3, -0.25) is 0 Å². The van der Waals surface area contributed by atoms with Gasteiger partial charge >= 0.3 is 0 Å². The number of ether oxygens (including phenoxy) is 1. The summed E-state index contributed by atoms with van der Waals surface area (Å²) in [5.41, 5.74) is 1.41. The summed E-state index contributed by atoms with van der Waals surface area (Å²) in [7, 11) is 0. The summed E-state index contributed by atoms with van der Waals surface area (Å²) >= 11 is 0. The highest BCUT2D eigenvalue weighted by Gasteiger charge is 2.29. The second-order valence-corrected chi connectivity index (χ2v) is 4.70. The van der Waals surface area contributed by atoms with E-state index in [9.17, 15) is 4.79 Å². The van der Waals surface area contributed by atoms with Gasteiger partial charge in [-0.05, 0) is 39.5 Å². The van der Waals surface area contributed by atoms with Crippen LogP contribution in [0.3, 0.4) is 0 Å². The topological polar surface area (TPSA) is 26.3 Å². The van der Waals surface area contributed by atoms with E-state index in [-0.39, 0.29) is 0 Å². The molecule has 0 radical (unpaired) electrons. The zero-order valence-electron chi connectivity index (χ0n) is 11.1. The molecule has 0 aliphatic rings. The van der Waals surface area contributed by atoms with Gasteiger partial charge in [-0.25, -0.2) is 0 Å². The first kappa shape index (κ1) is 15.9. The normalized spacial score (nSPS) is 10.9. The monoisotopic (exact) mass is 236 g/mol. The molecular formula is C15H24O2.